The molecule has 1 fully saturated rings. The number of carbonyl (C=O) groups excluding carboxylic acids is 1. The van der Waals surface area contributed by atoms with E-state index in [2.05, 4.69) is 17.6 Å². The molecule has 1 aromatic heterocycles. The van der Waals surface area contributed by atoms with Crippen molar-refractivity contribution in [3.05, 3.63) is 23.7 Å². The molecule has 0 atom stereocenters. The van der Waals surface area contributed by atoms with Gasteiger partial charge in [-0.3, -0.25) is 4.79 Å². The van der Waals surface area contributed by atoms with Crippen LogP contribution in [0, 0.1) is 12.3 Å². The highest BCUT2D eigenvalue weighted by molar-refractivity contribution is 5.92. The summed E-state index contributed by atoms with van der Waals surface area (Å²) >= 11 is 0. The maximum Gasteiger partial charge on any atom is 0.287 e. The normalized spacial score (nSPS) is 17.9. The summed E-state index contributed by atoms with van der Waals surface area (Å²) in [5, 5.41) is 6.31. The first-order valence-corrected chi connectivity index (χ1v) is 6.14. The molecule has 0 spiro atoms. The number of amides is 1. The van der Waals surface area contributed by atoms with Crippen LogP contribution in [0.2, 0.25) is 0 Å². The Kier molecular flexibility index (Phi) is 5.23. The van der Waals surface area contributed by atoms with Crippen LogP contribution in [-0.2, 0) is 0 Å². The van der Waals surface area contributed by atoms with E-state index in [0.717, 1.165) is 31.5 Å². The summed E-state index contributed by atoms with van der Waals surface area (Å²) in [4.78, 5) is 11.9. The minimum atomic E-state index is -0.104. The molecule has 1 saturated heterocycles. The fraction of sp³-hybridized carbons (Fsp3) is 0.615. The second kappa shape index (κ2) is 6.25. The van der Waals surface area contributed by atoms with Gasteiger partial charge >= 0.3 is 0 Å². The lowest BCUT2D eigenvalue weighted by molar-refractivity contribution is 0.0893. The molecular weight excluding hydrogens is 252 g/mol. The van der Waals surface area contributed by atoms with Gasteiger partial charge in [-0.05, 0) is 44.3 Å². The van der Waals surface area contributed by atoms with Crippen molar-refractivity contribution in [3.8, 4) is 0 Å². The monoisotopic (exact) mass is 272 g/mol. The van der Waals surface area contributed by atoms with E-state index in [1.807, 2.05) is 6.92 Å². The van der Waals surface area contributed by atoms with Crippen molar-refractivity contribution in [2.75, 3.05) is 19.6 Å². The molecule has 0 bridgehead atoms. The van der Waals surface area contributed by atoms with Crippen LogP contribution in [-0.4, -0.2) is 25.5 Å². The summed E-state index contributed by atoms with van der Waals surface area (Å²) in [6.07, 6.45) is 3.76. The minimum Gasteiger partial charge on any atom is -0.459 e. The van der Waals surface area contributed by atoms with Crippen LogP contribution in [0.5, 0.6) is 0 Å². The molecule has 0 unspecified atom stereocenters. The zero-order chi connectivity index (χ0) is 12.3. The molecule has 0 aliphatic carbocycles. The van der Waals surface area contributed by atoms with Crippen molar-refractivity contribution in [1.82, 2.24) is 10.6 Å². The standard InChI is InChI=1S/C13H20N2O2.ClH/c1-10-3-8-17-11(10)12(16)15-9-13(2)4-6-14-7-5-13;/h3,8,14H,4-7,9H2,1-2H3,(H,15,16);1H. The van der Waals surface area contributed by atoms with Crippen LogP contribution in [0.25, 0.3) is 0 Å². The quantitative estimate of drug-likeness (QED) is 0.886. The lowest BCUT2D eigenvalue weighted by atomic mass is 9.81. The lowest BCUT2D eigenvalue weighted by Gasteiger charge is -2.34. The van der Waals surface area contributed by atoms with E-state index in [0.29, 0.717) is 12.3 Å². The number of furan rings is 1. The van der Waals surface area contributed by atoms with E-state index in [1.165, 1.54) is 0 Å². The Labute approximate surface area is 114 Å². The van der Waals surface area contributed by atoms with Crippen LogP contribution >= 0.6 is 12.4 Å². The Hall–Kier alpha value is -1.00. The smallest absolute Gasteiger partial charge is 0.287 e. The van der Waals surface area contributed by atoms with Crippen molar-refractivity contribution >= 4 is 18.3 Å². The number of hydrogen-bond donors (Lipinski definition) is 2. The number of carbonyl (C=O) groups is 1. The number of halogens is 1. The number of piperidine rings is 1. The van der Waals surface area contributed by atoms with E-state index in [1.54, 1.807) is 12.3 Å². The minimum absolute atomic E-state index is 0. The Balaban J connectivity index is 0.00000162. The molecule has 0 radical (unpaired) electrons. The third kappa shape index (κ3) is 3.50. The van der Waals surface area contributed by atoms with Crippen molar-refractivity contribution < 1.29 is 9.21 Å². The van der Waals surface area contributed by atoms with E-state index in [9.17, 15) is 4.79 Å². The number of hydrogen-bond acceptors (Lipinski definition) is 3. The molecule has 1 aromatic rings. The van der Waals surface area contributed by atoms with Crippen LogP contribution in [0.15, 0.2) is 16.7 Å². The Morgan fingerprint density at radius 2 is 2.17 bits per heavy atom. The molecule has 2 N–H and O–H groups in total. The van der Waals surface area contributed by atoms with Gasteiger partial charge in [0.05, 0.1) is 6.26 Å². The lowest BCUT2D eigenvalue weighted by Crippen LogP contribution is -2.42. The summed E-state index contributed by atoms with van der Waals surface area (Å²) in [6, 6.07) is 1.81. The number of aryl methyl sites for hydroxylation is 1. The largest absolute Gasteiger partial charge is 0.459 e. The predicted molar refractivity (Wildman–Crippen MR) is 73.2 cm³/mol. The fourth-order valence-electron chi connectivity index (χ4n) is 2.19. The third-order valence-corrected chi connectivity index (χ3v) is 3.55. The van der Waals surface area contributed by atoms with Crippen molar-refractivity contribution in [2.45, 2.75) is 26.7 Å². The number of nitrogens with one attached hydrogen (secondary N) is 2. The van der Waals surface area contributed by atoms with Gasteiger partial charge in [0, 0.05) is 12.1 Å². The summed E-state index contributed by atoms with van der Waals surface area (Å²) in [5.41, 5.74) is 1.10. The zero-order valence-electron chi connectivity index (χ0n) is 10.9. The Bertz CT molecular complexity index is 397. The highest BCUT2D eigenvalue weighted by Gasteiger charge is 2.27. The van der Waals surface area contributed by atoms with E-state index in [-0.39, 0.29) is 23.7 Å². The molecule has 1 aliphatic rings. The Morgan fingerprint density at radius 1 is 1.50 bits per heavy atom. The summed E-state index contributed by atoms with van der Waals surface area (Å²) in [5.74, 6) is 0.329. The highest BCUT2D eigenvalue weighted by Crippen LogP contribution is 2.26. The molecule has 5 heteroatoms. The van der Waals surface area contributed by atoms with Crippen molar-refractivity contribution in [3.63, 3.8) is 0 Å². The van der Waals surface area contributed by atoms with Crippen molar-refractivity contribution in [1.29, 1.82) is 0 Å². The van der Waals surface area contributed by atoms with Crippen LogP contribution < -0.4 is 10.6 Å². The van der Waals surface area contributed by atoms with Gasteiger partial charge in [0.15, 0.2) is 5.76 Å². The third-order valence-electron chi connectivity index (χ3n) is 3.55. The van der Waals surface area contributed by atoms with Gasteiger partial charge in [0.25, 0.3) is 5.91 Å². The van der Waals surface area contributed by atoms with Gasteiger partial charge in [-0.15, -0.1) is 12.4 Å². The topological polar surface area (TPSA) is 54.3 Å². The van der Waals surface area contributed by atoms with Gasteiger partial charge in [-0.2, -0.15) is 0 Å². The molecular formula is C13H21ClN2O2. The zero-order valence-corrected chi connectivity index (χ0v) is 11.7. The van der Waals surface area contributed by atoms with Gasteiger partial charge in [-0.25, -0.2) is 0 Å². The van der Waals surface area contributed by atoms with E-state index < -0.39 is 0 Å². The maximum absolute atomic E-state index is 11.9. The first-order chi connectivity index (χ1) is 8.11. The molecule has 4 nitrogen and oxygen atoms in total. The molecule has 1 aliphatic heterocycles. The molecule has 102 valence electrons. The first kappa shape index (κ1) is 15.1. The van der Waals surface area contributed by atoms with Gasteiger partial charge in [0.2, 0.25) is 0 Å². The van der Waals surface area contributed by atoms with Crippen LogP contribution in [0.3, 0.4) is 0 Å². The Morgan fingerprint density at radius 3 is 2.72 bits per heavy atom. The summed E-state index contributed by atoms with van der Waals surface area (Å²) in [7, 11) is 0. The van der Waals surface area contributed by atoms with E-state index in [4.69, 9.17) is 4.42 Å². The predicted octanol–water partition coefficient (Wildman–Crippen LogP) is 2.13. The van der Waals surface area contributed by atoms with Gasteiger partial charge < -0.3 is 15.1 Å². The second-order valence-electron chi connectivity index (χ2n) is 5.18. The molecule has 2 rings (SSSR count). The molecule has 18 heavy (non-hydrogen) atoms. The van der Waals surface area contributed by atoms with E-state index >= 15 is 0 Å². The number of rotatable bonds is 3. The SMILES string of the molecule is Cc1ccoc1C(=O)NCC1(C)CCNCC1.Cl. The summed E-state index contributed by atoms with van der Waals surface area (Å²) < 4.78 is 5.17. The molecule has 0 aromatic carbocycles. The molecule has 1 amide bonds. The van der Waals surface area contributed by atoms with Crippen molar-refractivity contribution in [2.24, 2.45) is 5.41 Å². The maximum atomic E-state index is 11.9. The van der Waals surface area contributed by atoms with Crippen LogP contribution in [0.1, 0.15) is 35.9 Å². The highest BCUT2D eigenvalue weighted by atomic mass is 35.5. The van der Waals surface area contributed by atoms with Gasteiger partial charge in [-0.1, -0.05) is 6.92 Å². The average molecular weight is 273 g/mol. The second-order valence-corrected chi connectivity index (χ2v) is 5.18. The fourth-order valence-corrected chi connectivity index (χ4v) is 2.19. The average Bonchev–Trinajstić information content (AvgIpc) is 2.74. The molecule has 2 heterocycles. The molecule has 0 saturated carbocycles. The first-order valence-electron chi connectivity index (χ1n) is 6.14. The van der Waals surface area contributed by atoms with Gasteiger partial charge in [0.1, 0.15) is 0 Å². The van der Waals surface area contributed by atoms with Crippen LogP contribution in [0.4, 0.5) is 0 Å². The summed E-state index contributed by atoms with van der Waals surface area (Å²) in [6.45, 7) is 6.89.